The average molecular weight is 276 g/mol. The van der Waals surface area contributed by atoms with Crippen molar-refractivity contribution in [2.75, 3.05) is 14.1 Å². The molecule has 0 bridgehead atoms. The van der Waals surface area contributed by atoms with Crippen LogP contribution < -0.4 is 5.73 Å². The lowest BCUT2D eigenvalue weighted by molar-refractivity contribution is -0.114. The molecule has 19 heavy (non-hydrogen) atoms. The van der Waals surface area contributed by atoms with Gasteiger partial charge in [-0.3, -0.25) is 4.79 Å². The highest BCUT2D eigenvalue weighted by Crippen LogP contribution is 2.22. The fraction of sp³-hybridized carbons (Fsp3) is 0.143. The third-order valence-corrected chi connectivity index (χ3v) is 2.57. The van der Waals surface area contributed by atoms with E-state index in [1.54, 1.807) is 41.4 Å². The maximum absolute atomic E-state index is 11.3. The molecule has 1 aromatic carbocycles. The van der Waals surface area contributed by atoms with Gasteiger partial charge in [0.1, 0.15) is 11.6 Å². The first-order valence-electron chi connectivity index (χ1n) is 5.50. The fourth-order valence-corrected chi connectivity index (χ4v) is 1.55. The number of hydrogen-bond acceptors (Lipinski definition) is 3. The zero-order chi connectivity index (χ0) is 14.4. The van der Waals surface area contributed by atoms with E-state index in [0.29, 0.717) is 16.2 Å². The highest BCUT2D eigenvalue weighted by atomic mass is 35.5. The Morgan fingerprint density at radius 2 is 1.95 bits per heavy atom. The number of halogens is 1. The Morgan fingerprint density at radius 3 is 2.37 bits per heavy atom. The maximum atomic E-state index is 11.3. The minimum Gasteiger partial charge on any atom is -0.383 e. The highest BCUT2D eigenvalue weighted by Gasteiger charge is 2.12. The quantitative estimate of drug-likeness (QED) is 0.520. The van der Waals surface area contributed by atoms with Crippen molar-refractivity contribution in [1.29, 1.82) is 5.26 Å². The van der Waals surface area contributed by atoms with Crippen molar-refractivity contribution in [3.63, 3.8) is 0 Å². The number of carbonyl (C=O) groups is 1. The summed E-state index contributed by atoms with van der Waals surface area (Å²) in [4.78, 5) is 13.1. The van der Waals surface area contributed by atoms with Gasteiger partial charge in [0, 0.05) is 24.7 Å². The predicted molar refractivity (Wildman–Crippen MR) is 76.0 cm³/mol. The van der Waals surface area contributed by atoms with Crippen molar-refractivity contribution in [1.82, 2.24) is 4.90 Å². The minimum absolute atomic E-state index is 0.0829. The summed E-state index contributed by atoms with van der Waals surface area (Å²) >= 11 is 5.82. The highest BCUT2D eigenvalue weighted by molar-refractivity contribution is 6.30. The predicted octanol–water partition coefficient (Wildman–Crippen LogP) is 2.18. The van der Waals surface area contributed by atoms with Crippen LogP contribution in [0.25, 0.3) is 5.57 Å². The number of amides is 1. The van der Waals surface area contributed by atoms with Gasteiger partial charge in [-0.2, -0.15) is 5.26 Å². The number of primary amides is 1. The molecule has 2 N–H and O–H groups in total. The molecule has 0 atom stereocenters. The van der Waals surface area contributed by atoms with Gasteiger partial charge in [0.25, 0.3) is 5.91 Å². The molecule has 1 aromatic rings. The van der Waals surface area contributed by atoms with Crippen molar-refractivity contribution in [2.45, 2.75) is 0 Å². The van der Waals surface area contributed by atoms with E-state index in [1.807, 2.05) is 20.2 Å². The van der Waals surface area contributed by atoms with Gasteiger partial charge in [0.15, 0.2) is 0 Å². The minimum atomic E-state index is -0.754. The maximum Gasteiger partial charge on any atom is 0.259 e. The van der Waals surface area contributed by atoms with Crippen LogP contribution in [0.5, 0.6) is 0 Å². The molecule has 0 unspecified atom stereocenters. The SMILES string of the molecule is CN(C)/C=C/C(=C(/C#N)C(N)=O)c1ccc(Cl)cc1. The van der Waals surface area contributed by atoms with Gasteiger partial charge in [-0.15, -0.1) is 0 Å². The number of allylic oxidation sites excluding steroid dienone is 2. The van der Waals surface area contributed by atoms with Crippen LogP contribution in [-0.4, -0.2) is 24.9 Å². The Balaban J connectivity index is 3.39. The monoisotopic (exact) mass is 275 g/mol. The van der Waals surface area contributed by atoms with Gasteiger partial charge in [0.2, 0.25) is 0 Å². The van der Waals surface area contributed by atoms with Crippen LogP contribution in [0.15, 0.2) is 42.1 Å². The summed E-state index contributed by atoms with van der Waals surface area (Å²) in [6, 6.07) is 8.69. The number of nitrogens with zero attached hydrogens (tertiary/aromatic N) is 2. The van der Waals surface area contributed by atoms with Crippen molar-refractivity contribution < 1.29 is 4.79 Å². The summed E-state index contributed by atoms with van der Waals surface area (Å²) in [6.45, 7) is 0. The van der Waals surface area contributed by atoms with Crippen LogP contribution >= 0.6 is 11.6 Å². The molecular weight excluding hydrogens is 262 g/mol. The van der Waals surface area contributed by atoms with E-state index in [-0.39, 0.29) is 5.57 Å². The van der Waals surface area contributed by atoms with Gasteiger partial charge in [-0.05, 0) is 30.0 Å². The molecule has 1 rings (SSSR count). The van der Waals surface area contributed by atoms with Crippen LogP contribution in [0.1, 0.15) is 5.56 Å². The Labute approximate surface area is 117 Å². The molecule has 0 aromatic heterocycles. The van der Waals surface area contributed by atoms with Crippen molar-refractivity contribution in [3.05, 3.63) is 52.7 Å². The number of nitriles is 1. The molecule has 1 amide bonds. The number of nitrogens with two attached hydrogens (primary N) is 1. The summed E-state index contributed by atoms with van der Waals surface area (Å²) in [7, 11) is 3.68. The van der Waals surface area contributed by atoms with E-state index in [2.05, 4.69) is 0 Å². The topological polar surface area (TPSA) is 70.1 Å². The zero-order valence-electron chi connectivity index (χ0n) is 10.7. The van der Waals surface area contributed by atoms with Crippen molar-refractivity contribution in [2.24, 2.45) is 5.73 Å². The third-order valence-electron chi connectivity index (χ3n) is 2.32. The van der Waals surface area contributed by atoms with E-state index >= 15 is 0 Å². The van der Waals surface area contributed by atoms with E-state index in [4.69, 9.17) is 22.6 Å². The van der Waals surface area contributed by atoms with Crippen LogP contribution in [0.2, 0.25) is 5.02 Å². The second-order valence-corrected chi connectivity index (χ2v) is 4.49. The molecule has 4 nitrogen and oxygen atoms in total. The molecule has 0 radical (unpaired) electrons. The molecule has 0 saturated carbocycles. The zero-order valence-corrected chi connectivity index (χ0v) is 11.5. The molecule has 0 saturated heterocycles. The Hall–Kier alpha value is -2.25. The van der Waals surface area contributed by atoms with Gasteiger partial charge in [-0.25, -0.2) is 0 Å². The molecular formula is C14H14ClN3O. The molecule has 0 aliphatic heterocycles. The van der Waals surface area contributed by atoms with Crippen molar-refractivity contribution >= 4 is 23.1 Å². The third kappa shape index (κ3) is 4.16. The number of benzene rings is 1. The number of rotatable bonds is 4. The molecule has 5 heteroatoms. The van der Waals surface area contributed by atoms with E-state index in [0.717, 1.165) is 0 Å². The molecule has 0 heterocycles. The molecule has 0 aliphatic carbocycles. The van der Waals surface area contributed by atoms with Crippen LogP contribution in [-0.2, 0) is 4.79 Å². The number of carbonyl (C=O) groups excluding carboxylic acids is 1. The normalized spacial score (nSPS) is 11.9. The molecule has 0 fully saturated rings. The van der Waals surface area contributed by atoms with Crippen molar-refractivity contribution in [3.8, 4) is 6.07 Å². The fourth-order valence-electron chi connectivity index (χ4n) is 1.43. The Bertz CT molecular complexity index is 565. The van der Waals surface area contributed by atoms with Crippen LogP contribution in [0.3, 0.4) is 0 Å². The first kappa shape index (κ1) is 14.8. The summed E-state index contributed by atoms with van der Waals surface area (Å²) in [5, 5.41) is 9.65. The second kappa shape index (κ2) is 6.62. The first-order valence-corrected chi connectivity index (χ1v) is 5.88. The molecule has 98 valence electrons. The van der Waals surface area contributed by atoms with E-state index < -0.39 is 5.91 Å². The van der Waals surface area contributed by atoms with E-state index in [1.165, 1.54) is 0 Å². The lowest BCUT2D eigenvalue weighted by Crippen LogP contribution is -2.14. The summed E-state index contributed by atoms with van der Waals surface area (Å²) < 4.78 is 0. The number of hydrogen-bond donors (Lipinski definition) is 1. The Kier molecular flexibility index (Phi) is 5.16. The molecule has 0 aliphatic rings. The largest absolute Gasteiger partial charge is 0.383 e. The summed E-state index contributed by atoms with van der Waals surface area (Å²) in [6.07, 6.45) is 3.41. The Morgan fingerprint density at radius 1 is 1.37 bits per heavy atom. The lowest BCUT2D eigenvalue weighted by atomic mass is 10.00. The average Bonchev–Trinajstić information content (AvgIpc) is 2.35. The van der Waals surface area contributed by atoms with E-state index in [9.17, 15) is 4.79 Å². The first-order chi connectivity index (χ1) is 8.95. The summed E-state index contributed by atoms with van der Waals surface area (Å²) in [5.41, 5.74) is 6.32. The molecule has 0 spiro atoms. The van der Waals surface area contributed by atoms with Gasteiger partial charge in [0.05, 0.1) is 0 Å². The standard InChI is InChI=1S/C14H14ClN3O/c1-18(2)8-7-12(13(9-16)14(17)19)10-3-5-11(15)6-4-10/h3-8H,1-2H3,(H2,17,19)/b8-7+,13-12+. The van der Waals surface area contributed by atoms with Crippen LogP contribution in [0.4, 0.5) is 0 Å². The van der Waals surface area contributed by atoms with Gasteiger partial charge < -0.3 is 10.6 Å². The smallest absolute Gasteiger partial charge is 0.259 e. The van der Waals surface area contributed by atoms with Gasteiger partial charge in [-0.1, -0.05) is 23.7 Å². The summed E-state index contributed by atoms with van der Waals surface area (Å²) in [5.74, 6) is -0.754. The lowest BCUT2D eigenvalue weighted by Gasteiger charge is -2.08. The van der Waals surface area contributed by atoms with Crippen LogP contribution in [0, 0.1) is 11.3 Å². The second-order valence-electron chi connectivity index (χ2n) is 4.05. The van der Waals surface area contributed by atoms with Gasteiger partial charge >= 0.3 is 0 Å².